The van der Waals surface area contributed by atoms with E-state index in [9.17, 15) is 4.79 Å². The Balaban J connectivity index is 2.43. The van der Waals surface area contributed by atoms with Crippen LogP contribution in [-0.2, 0) is 4.74 Å². The standard InChI is InChI=1S/C13H20N2O3/c1-2-3-8-18-9-7-15-11-6-4-5-10(12(11)14)13(16)17/h4-6,15H,2-3,7-9,14H2,1H3,(H,16,17). The van der Waals surface area contributed by atoms with Crippen LogP contribution >= 0.6 is 0 Å². The minimum atomic E-state index is -1.02. The summed E-state index contributed by atoms with van der Waals surface area (Å²) in [7, 11) is 0. The van der Waals surface area contributed by atoms with E-state index < -0.39 is 5.97 Å². The zero-order valence-corrected chi connectivity index (χ0v) is 10.6. The average Bonchev–Trinajstić information content (AvgIpc) is 2.35. The molecule has 1 rings (SSSR count). The van der Waals surface area contributed by atoms with E-state index >= 15 is 0 Å². The van der Waals surface area contributed by atoms with Gasteiger partial charge in [0, 0.05) is 13.2 Å². The third-order valence-electron chi connectivity index (χ3n) is 2.54. The summed E-state index contributed by atoms with van der Waals surface area (Å²) in [4.78, 5) is 10.9. The van der Waals surface area contributed by atoms with E-state index in [4.69, 9.17) is 15.6 Å². The van der Waals surface area contributed by atoms with Crippen LogP contribution in [0.5, 0.6) is 0 Å². The Morgan fingerprint density at radius 2 is 2.22 bits per heavy atom. The van der Waals surface area contributed by atoms with Gasteiger partial charge >= 0.3 is 5.97 Å². The first-order valence-electron chi connectivity index (χ1n) is 6.10. The molecule has 0 aliphatic rings. The molecule has 4 N–H and O–H groups in total. The fraction of sp³-hybridized carbons (Fsp3) is 0.462. The van der Waals surface area contributed by atoms with Crippen LogP contribution in [-0.4, -0.2) is 30.8 Å². The van der Waals surface area contributed by atoms with E-state index in [2.05, 4.69) is 12.2 Å². The molecular formula is C13H20N2O3. The molecule has 0 aromatic heterocycles. The summed E-state index contributed by atoms with van der Waals surface area (Å²) in [5, 5.41) is 12.0. The molecule has 0 saturated carbocycles. The first-order valence-corrected chi connectivity index (χ1v) is 6.10. The maximum absolute atomic E-state index is 10.9. The number of carbonyl (C=O) groups is 1. The minimum Gasteiger partial charge on any atom is -0.478 e. The summed E-state index contributed by atoms with van der Waals surface area (Å²) in [6.45, 7) is 4.05. The highest BCUT2D eigenvalue weighted by Crippen LogP contribution is 2.22. The highest BCUT2D eigenvalue weighted by Gasteiger charge is 2.10. The van der Waals surface area contributed by atoms with Crippen molar-refractivity contribution in [2.75, 3.05) is 30.8 Å². The number of anilines is 2. The molecule has 0 saturated heterocycles. The summed E-state index contributed by atoms with van der Waals surface area (Å²) < 4.78 is 5.39. The molecule has 18 heavy (non-hydrogen) atoms. The molecular weight excluding hydrogens is 232 g/mol. The van der Waals surface area contributed by atoms with E-state index in [1.165, 1.54) is 6.07 Å². The van der Waals surface area contributed by atoms with Gasteiger partial charge in [-0.05, 0) is 18.6 Å². The summed E-state index contributed by atoms with van der Waals surface area (Å²) >= 11 is 0. The molecule has 0 heterocycles. The lowest BCUT2D eigenvalue weighted by Gasteiger charge is -2.11. The van der Waals surface area contributed by atoms with Gasteiger partial charge in [0.25, 0.3) is 0 Å². The van der Waals surface area contributed by atoms with Crippen molar-refractivity contribution in [2.24, 2.45) is 0 Å². The van der Waals surface area contributed by atoms with Crippen molar-refractivity contribution in [1.82, 2.24) is 0 Å². The zero-order valence-electron chi connectivity index (χ0n) is 10.6. The van der Waals surface area contributed by atoms with E-state index in [-0.39, 0.29) is 11.3 Å². The number of carboxylic acids is 1. The Bertz CT molecular complexity index is 394. The van der Waals surface area contributed by atoms with Gasteiger partial charge in [-0.1, -0.05) is 19.4 Å². The number of nitrogens with two attached hydrogens (primary N) is 1. The molecule has 0 spiro atoms. The van der Waals surface area contributed by atoms with Gasteiger partial charge in [0.15, 0.2) is 0 Å². The molecule has 5 heteroatoms. The molecule has 0 aliphatic carbocycles. The predicted octanol–water partition coefficient (Wildman–Crippen LogP) is 2.20. The van der Waals surface area contributed by atoms with Crippen molar-refractivity contribution >= 4 is 17.3 Å². The van der Waals surface area contributed by atoms with Gasteiger partial charge in [-0.3, -0.25) is 0 Å². The SMILES string of the molecule is CCCCOCCNc1cccc(C(=O)O)c1N. The third kappa shape index (κ3) is 4.25. The third-order valence-corrected chi connectivity index (χ3v) is 2.54. The lowest BCUT2D eigenvalue weighted by atomic mass is 10.1. The van der Waals surface area contributed by atoms with Crippen LogP contribution in [0.2, 0.25) is 0 Å². The van der Waals surface area contributed by atoms with Gasteiger partial charge < -0.3 is 20.9 Å². The fourth-order valence-corrected chi connectivity index (χ4v) is 1.51. The summed E-state index contributed by atoms with van der Waals surface area (Å²) in [6, 6.07) is 4.91. The van der Waals surface area contributed by atoms with Crippen molar-refractivity contribution < 1.29 is 14.6 Å². The maximum atomic E-state index is 10.9. The number of carboxylic acid groups (broad SMARTS) is 1. The number of para-hydroxylation sites is 1. The Morgan fingerprint density at radius 3 is 2.89 bits per heavy atom. The van der Waals surface area contributed by atoms with E-state index in [0.29, 0.717) is 18.8 Å². The zero-order chi connectivity index (χ0) is 13.4. The van der Waals surface area contributed by atoms with Crippen LogP contribution in [0, 0.1) is 0 Å². The van der Waals surface area contributed by atoms with Crippen molar-refractivity contribution in [3.63, 3.8) is 0 Å². The Morgan fingerprint density at radius 1 is 1.44 bits per heavy atom. The molecule has 0 atom stereocenters. The fourth-order valence-electron chi connectivity index (χ4n) is 1.51. The molecule has 1 aromatic rings. The summed E-state index contributed by atoms with van der Waals surface area (Å²) in [6.07, 6.45) is 2.16. The molecule has 1 aromatic carbocycles. The van der Waals surface area contributed by atoms with Crippen LogP contribution < -0.4 is 11.1 Å². The van der Waals surface area contributed by atoms with Gasteiger partial charge in [-0.2, -0.15) is 0 Å². The highest BCUT2D eigenvalue weighted by atomic mass is 16.5. The van der Waals surface area contributed by atoms with Gasteiger partial charge in [0.2, 0.25) is 0 Å². The largest absolute Gasteiger partial charge is 0.478 e. The second kappa shape index (κ2) is 7.55. The number of unbranched alkanes of at least 4 members (excludes halogenated alkanes) is 1. The number of benzene rings is 1. The molecule has 0 bridgehead atoms. The van der Waals surface area contributed by atoms with E-state index in [0.717, 1.165) is 19.4 Å². The van der Waals surface area contributed by atoms with Crippen molar-refractivity contribution in [2.45, 2.75) is 19.8 Å². The Labute approximate surface area is 107 Å². The summed E-state index contributed by atoms with van der Waals surface area (Å²) in [5.74, 6) is -1.02. The number of hydrogen-bond donors (Lipinski definition) is 3. The molecule has 5 nitrogen and oxygen atoms in total. The topological polar surface area (TPSA) is 84.6 Å². The first-order chi connectivity index (χ1) is 8.66. The Kier molecular flexibility index (Phi) is 6.00. The molecule has 0 amide bonds. The van der Waals surface area contributed by atoms with Gasteiger partial charge in [0.1, 0.15) is 0 Å². The normalized spacial score (nSPS) is 10.3. The van der Waals surface area contributed by atoms with Gasteiger partial charge in [-0.15, -0.1) is 0 Å². The molecule has 0 unspecified atom stereocenters. The number of nitrogen functional groups attached to an aromatic ring is 1. The summed E-state index contributed by atoms with van der Waals surface area (Å²) in [5.41, 5.74) is 6.78. The van der Waals surface area contributed by atoms with Gasteiger partial charge in [-0.25, -0.2) is 4.79 Å². The van der Waals surface area contributed by atoms with Crippen LogP contribution in [0.3, 0.4) is 0 Å². The molecule has 0 aliphatic heterocycles. The number of rotatable bonds is 8. The lowest BCUT2D eigenvalue weighted by molar-refractivity contribution is 0.0698. The molecule has 0 fully saturated rings. The van der Waals surface area contributed by atoms with Gasteiger partial charge in [0.05, 0.1) is 23.5 Å². The molecule has 100 valence electrons. The van der Waals surface area contributed by atoms with Crippen LogP contribution in [0.15, 0.2) is 18.2 Å². The number of hydrogen-bond acceptors (Lipinski definition) is 4. The molecule has 0 radical (unpaired) electrons. The Hall–Kier alpha value is -1.75. The highest BCUT2D eigenvalue weighted by molar-refractivity contribution is 5.97. The average molecular weight is 252 g/mol. The number of nitrogens with one attached hydrogen (secondary N) is 1. The van der Waals surface area contributed by atoms with Crippen LogP contribution in [0.25, 0.3) is 0 Å². The quantitative estimate of drug-likeness (QED) is 0.488. The second-order valence-electron chi connectivity index (χ2n) is 3.96. The predicted molar refractivity (Wildman–Crippen MR) is 72.0 cm³/mol. The minimum absolute atomic E-state index is 0.118. The number of ether oxygens (including phenoxy) is 1. The number of aromatic carboxylic acids is 1. The van der Waals surface area contributed by atoms with Crippen LogP contribution in [0.4, 0.5) is 11.4 Å². The van der Waals surface area contributed by atoms with Crippen LogP contribution in [0.1, 0.15) is 30.1 Å². The van der Waals surface area contributed by atoms with Crippen molar-refractivity contribution in [3.8, 4) is 0 Å². The maximum Gasteiger partial charge on any atom is 0.337 e. The monoisotopic (exact) mass is 252 g/mol. The second-order valence-corrected chi connectivity index (χ2v) is 3.96. The first kappa shape index (κ1) is 14.3. The van der Waals surface area contributed by atoms with E-state index in [1.54, 1.807) is 12.1 Å². The lowest BCUT2D eigenvalue weighted by Crippen LogP contribution is -2.12. The van der Waals surface area contributed by atoms with Crippen molar-refractivity contribution in [3.05, 3.63) is 23.8 Å². The van der Waals surface area contributed by atoms with Crippen molar-refractivity contribution in [1.29, 1.82) is 0 Å². The smallest absolute Gasteiger partial charge is 0.337 e. The van der Waals surface area contributed by atoms with E-state index in [1.807, 2.05) is 0 Å².